The number of thiophene rings is 1. The summed E-state index contributed by atoms with van der Waals surface area (Å²) in [6.45, 7) is 0. The zero-order chi connectivity index (χ0) is 16.1. The van der Waals surface area contributed by atoms with Crippen molar-refractivity contribution < 1.29 is 4.74 Å². The molecule has 0 atom stereocenters. The van der Waals surface area contributed by atoms with E-state index in [4.69, 9.17) is 4.74 Å². The number of hydrogen-bond acceptors (Lipinski definition) is 6. The van der Waals surface area contributed by atoms with Crippen LogP contribution in [0.15, 0.2) is 51.1 Å². The van der Waals surface area contributed by atoms with E-state index in [1.165, 1.54) is 9.77 Å². The molecule has 0 aliphatic carbocycles. The van der Waals surface area contributed by atoms with Gasteiger partial charge in [0.05, 0.1) is 17.1 Å². The number of benzene rings is 1. The molecule has 3 rings (SSSR count). The van der Waals surface area contributed by atoms with Gasteiger partial charge in [-0.15, -0.1) is 33.3 Å². The van der Waals surface area contributed by atoms with Crippen molar-refractivity contribution in [3.8, 4) is 5.75 Å². The van der Waals surface area contributed by atoms with Gasteiger partial charge >= 0.3 is 0 Å². The molecule has 4 nitrogen and oxygen atoms in total. The van der Waals surface area contributed by atoms with Crippen LogP contribution in [0, 0.1) is 0 Å². The SMILES string of the molecule is COc1ccc(CSc2nnc(CSc3cccs3)n2C)cc1. The standard InChI is InChI=1S/C16H17N3OS3/c1-19-14(11-22-15-4-3-9-21-15)17-18-16(19)23-10-12-5-7-13(20-2)8-6-12/h3-9H,10-11H2,1-2H3. The highest BCUT2D eigenvalue weighted by Crippen LogP contribution is 2.28. The van der Waals surface area contributed by atoms with Gasteiger partial charge in [0.25, 0.3) is 0 Å². The number of rotatable bonds is 7. The van der Waals surface area contributed by atoms with Crippen molar-refractivity contribution >= 4 is 34.9 Å². The molecule has 0 radical (unpaired) electrons. The highest BCUT2D eigenvalue weighted by Gasteiger charge is 2.10. The quantitative estimate of drug-likeness (QED) is 0.579. The lowest BCUT2D eigenvalue weighted by molar-refractivity contribution is 0.414. The van der Waals surface area contributed by atoms with Crippen LogP contribution >= 0.6 is 34.9 Å². The molecule has 0 spiro atoms. The second kappa shape index (κ2) is 7.90. The number of methoxy groups -OCH3 is 1. The molecule has 0 unspecified atom stereocenters. The third-order valence-electron chi connectivity index (χ3n) is 3.29. The Labute approximate surface area is 148 Å². The van der Waals surface area contributed by atoms with Gasteiger partial charge in [-0.25, -0.2) is 0 Å². The largest absolute Gasteiger partial charge is 0.497 e. The van der Waals surface area contributed by atoms with Crippen molar-refractivity contribution in [2.75, 3.05) is 7.11 Å². The third-order valence-corrected chi connectivity index (χ3v) is 6.51. The van der Waals surface area contributed by atoms with E-state index in [9.17, 15) is 0 Å². The summed E-state index contributed by atoms with van der Waals surface area (Å²) in [6.07, 6.45) is 0. The van der Waals surface area contributed by atoms with Gasteiger partial charge in [-0.3, -0.25) is 0 Å². The molecule has 1 aromatic carbocycles. The summed E-state index contributed by atoms with van der Waals surface area (Å²) >= 11 is 5.25. The molecule has 0 bridgehead atoms. The molecule has 0 aliphatic rings. The average Bonchev–Trinajstić information content (AvgIpc) is 3.22. The Bertz CT molecular complexity index is 739. The van der Waals surface area contributed by atoms with Crippen molar-refractivity contribution in [1.29, 1.82) is 0 Å². The fourth-order valence-electron chi connectivity index (χ4n) is 1.95. The van der Waals surface area contributed by atoms with Crippen molar-refractivity contribution in [2.45, 2.75) is 20.9 Å². The molecule has 7 heteroatoms. The zero-order valence-electron chi connectivity index (χ0n) is 12.9. The van der Waals surface area contributed by atoms with Gasteiger partial charge in [0.1, 0.15) is 11.6 Å². The Morgan fingerprint density at radius 1 is 1.09 bits per heavy atom. The summed E-state index contributed by atoms with van der Waals surface area (Å²) in [5.41, 5.74) is 1.24. The molecule has 120 valence electrons. The summed E-state index contributed by atoms with van der Waals surface area (Å²) in [4.78, 5) is 0. The Kier molecular flexibility index (Phi) is 5.64. The van der Waals surface area contributed by atoms with E-state index < -0.39 is 0 Å². The van der Waals surface area contributed by atoms with Crippen LogP contribution in [0.2, 0.25) is 0 Å². The summed E-state index contributed by atoms with van der Waals surface area (Å²) in [6, 6.07) is 12.3. The first-order valence-corrected chi connectivity index (χ1v) is 9.91. The monoisotopic (exact) mass is 363 g/mol. The predicted molar refractivity (Wildman–Crippen MR) is 97.4 cm³/mol. The maximum Gasteiger partial charge on any atom is 0.191 e. The van der Waals surface area contributed by atoms with Crippen LogP contribution in [-0.4, -0.2) is 21.9 Å². The molecular weight excluding hydrogens is 346 g/mol. The molecule has 0 fully saturated rings. The lowest BCUT2D eigenvalue weighted by Crippen LogP contribution is -1.97. The molecule has 2 aromatic heterocycles. The van der Waals surface area contributed by atoms with Crippen molar-refractivity contribution in [2.24, 2.45) is 7.05 Å². The Balaban J connectivity index is 1.57. The smallest absolute Gasteiger partial charge is 0.191 e. The minimum atomic E-state index is 0.840. The van der Waals surface area contributed by atoms with E-state index in [1.54, 1.807) is 42.0 Å². The molecule has 0 saturated carbocycles. The van der Waals surface area contributed by atoms with Gasteiger partial charge < -0.3 is 9.30 Å². The first-order valence-electron chi connectivity index (χ1n) is 7.06. The fraction of sp³-hybridized carbons (Fsp3) is 0.250. The minimum Gasteiger partial charge on any atom is -0.497 e. The number of thioether (sulfide) groups is 2. The van der Waals surface area contributed by atoms with Gasteiger partial charge in [-0.05, 0) is 29.1 Å². The molecular formula is C16H17N3OS3. The molecule has 0 N–H and O–H groups in total. The summed E-state index contributed by atoms with van der Waals surface area (Å²) in [5, 5.41) is 11.7. The summed E-state index contributed by atoms with van der Waals surface area (Å²) < 4.78 is 8.56. The van der Waals surface area contributed by atoms with E-state index in [-0.39, 0.29) is 0 Å². The van der Waals surface area contributed by atoms with Gasteiger partial charge in [-0.2, -0.15) is 0 Å². The van der Waals surface area contributed by atoms with Crippen LogP contribution in [0.25, 0.3) is 0 Å². The fourth-order valence-corrected chi connectivity index (χ4v) is 4.59. The normalized spacial score (nSPS) is 10.9. The Morgan fingerprint density at radius 3 is 2.61 bits per heavy atom. The number of nitrogens with zero attached hydrogens (tertiary/aromatic N) is 3. The van der Waals surface area contributed by atoms with Gasteiger partial charge in [0.2, 0.25) is 0 Å². The van der Waals surface area contributed by atoms with Crippen LogP contribution < -0.4 is 4.74 Å². The van der Waals surface area contributed by atoms with Gasteiger partial charge in [0.15, 0.2) is 5.16 Å². The van der Waals surface area contributed by atoms with Gasteiger partial charge in [0, 0.05) is 12.8 Å². The summed E-state index contributed by atoms with van der Waals surface area (Å²) in [7, 11) is 3.71. The predicted octanol–water partition coefficient (Wildman–Crippen LogP) is 4.47. The minimum absolute atomic E-state index is 0.840. The van der Waals surface area contributed by atoms with Crippen LogP contribution in [0.1, 0.15) is 11.4 Å². The average molecular weight is 364 g/mol. The first kappa shape index (κ1) is 16.4. The highest BCUT2D eigenvalue weighted by molar-refractivity contribution is 8.00. The number of aromatic nitrogens is 3. The van der Waals surface area contributed by atoms with Gasteiger partial charge in [-0.1, -0.05) is 30.0 Å². The van der Waals surface area contributed by atoms with Crippen LogP contribution in [-0.2, 0) is 18.6 Å². The van der Waals surface area contributed by atoms with Crippen molar-refractivity contribution in [1.82, 2.24) is 14.8 Å². The summed E-state index contributed by atoms with van der Waals surface area (Å²) in [5.74, 6) is 3.59. The first-order chi connectivity index (χ1) is 11.3. The van der Waals surface area contributed by atoms with Crippen LogP contribution in [0.3, 0.4) is 0 Å². The van der Waals surface area contributed by atoms with E-state index >= 15 is 0 Å². The molecule has 0 aliphatic heterocycles. The molecule has 2 heterocycles. The second-order valence-corrected chi connectivity index (χ2v) is 7.98. The number of ether oxygens (including phenoxy) is 1. The molecule has 23 heavy (non-hydrogen) atoms. The maximum atomic E-state index is 5.18. The van der Waals surface area contributed by atoms with E-state index in [2.05, 4.69) is 44.4 Å². The van der Waals surface area contributed by atoms with Crippen molar-refractivity contribution in [3.63, 3.8) is 0 Å². The van der Waals surface area contributed by atoms with Crippen LogP contribution in [0.4, 0.5) is 0 Å². The lowest BCUT2D eigenvalue weighted by atomic mass is 10.2. The maximum absolute atomic E-state index is 5.18. The number of hydrogen-bond donors (Lipinski definition) is 0. The van der Waals surface area contributed by atoms with E-state index in [0.29, 0.717) is 0 Å². The topological polar surface area (TPSA) is 39.9 Å². The Morgan fingerprint density at radius 2 is 1.91 bits per heavy atom. The third kappa shape index (κ3) is 4.31. The van der Waals surface area contributed by atoms with E-state index in [1.807, 2.05) is 19.2 Å². The molecule has 0 saturated heterocycles. The molecule has 3 aromatic rings. The Hall–Kier alpha value is -1.44. The van der Waals surface area contributed by atoms with Crippen molar-refractivity contribution in [3.05, 3.63) is 53.2 Å². The van der Waals surface area contributed by atoms with Crippen LogP contribution in [0.5, 0.6) is 5.75 Å². The lowest BCUT2D eigenvalue weighted by Gasteiger charge is -2.04. The molecule has 0 amide bonds. The second-order valence-electron chi connectivity index (χ2n) is 4.82. The zero-order valence-corrected chi connectivity index (χ0v) is 15.4. The van der Waals surface area contributed by atoms with E-state index in [0.717, 1.165) is 28.2 Å². The highest BCUT2D eigenvalue weighted by atomic mass is 32.2.